The van der Waals surface area contributed by atoms with Gasteiger partial charge in [0.2, 0.25) is 5.91 Å². The van der Waals surface area contributed by atoms with Crippen LogP contribution in [0.4, 0.5) is 4.79 Å². The van der Waals surface area contributed by atoms with Gasteiger partial charge >= 0.3 is 6.09 Å². The van der Waals surface area contributed by atoms with Crippen LogP contribution in [-0.2, 0) is 14.3 Å². The molecule has 1 heterocycles. The van der Waals surface area contributed by atoms with Gasteiger partial charge in [-0.3, -0.25) is 9.59 Å². The van der Waals surface area contributed by atoms with Gasteiger partial charge < -0.3 is 20.5 Å². The fraction of sp³-hybridized carbons (Fsp3) is 0.800. The number of aliphatic hydroxyl groups excluding tert-OH is 1. The maximum Gasteiger partial charge on any atom is 0.408 e. The van der Waals surface area contributed by atoms with E-state index < -0.39 is 30.1 Å². The molecule has 1 saturated carbocycles. The van der Waals surface area contributed by atoms with Crippen molar-refractivity contribution in [1.29, 1.82) is 0 Å². The first-order valence-corrected chi connectivity index (χ1v) is 7.59. The summed E-state index contributed by atoms with van der Waals surface area (Å²) in [6, 6.07) is -0.913. The monoisotopic (exact) mass is 312 g/mol. The standard InChI is InChI=1S/C15H24N2O5/c1-14(2,3)22-13(21)16-10(11(19)8-18)6-9-7-15(4-5-15)17-12(9)20/h9-10,18H,4-8H2,1-3H3,(H,16,21)(H,17,20)/t9?,10-/m1/s1. The number of ketones is 1. The minimum Gasteiger partial charge on any atom is -0.444 e. The molecule has 0 radical (unpaired) electrons. The molecule has 2 amide bonds. The highest BCUT2D eigenvalue weighted by molar-refractivity contribution is 5.90. The Kier molecular flexibility index (Phi) is 4.47. The van der Waals surface area contributed by atoms with Gasteiger partial charge in [-0.1, -0.05) is 0 Å². The highest BCUT2D eigenvalue weighted by atomic mass is 16.6. The van der Waals surface area contributed by atoms with Crippen LogP contribution in [0.25, 0.3) is 0 Å². The summed E-state index contributed by atoms with van der Waals surface area (Å²) in [6.45, 7) is 4.48. The molecule has 3 N–H and O–H groups in total. The van der Waals surface area contributed by atoms with Crippen LogP contribution < -0.4 is 10.6 Å². The smallest absolute Gasteiger partial charge is 0.408 e. The number of Topliss-reactive ketones (excluding diaryl/α,β-unsaturated/α-hetero) is 1. The fourth-order valence-corrected chi connectivity index (χ4v) is 2.76. The van der Waals surface area contributed by atoms with Crippen molar-refractivity contribution in [3.63, 3.8) is 0 Å². The number of hydrogen-bond donors (Lipinski definition) is 3. The minimum absolute atomic E-state index is 0.0829. The third-order valence-electron chi connectivity index (χ3n) is 4.01. The Bertz CT molecular complexity index is 479. The predicted molar refractivity (Wildman–Crippen MR) is 78.1 cm³/mol. The summed E-state index contributed by atoms with van der Waals surface area (Å²) in [5, 5.41) is 14.5. The number of amides is 2. The second kappa shape index (κ2) is 5.87. The molecule has 1 unspecified atom stereocenters. The molecule has 0 aromatic carbocycles. The lowest BCUT2D eigenvalue weighted by atomic mass is 9.94. The largest absolute Gasteiger partial charge is 0.444 e. The first-order valence-electron chi connectivity index (χ1n) is 7.59. The first-order chi connectivity index (χ1) is 10.1. The minimum atomic E-state index is -0.913. The van der Waals surface area contributed by atoms with Crippen molar-refractivity contribution in [3.05, 3.63) is 0 Å². The molecule has 0 aromatic heterocycles. The van der Waals surface area contributed by atoms with E-state index in [1.165, 1.54) is 0 Å². The van der Waals surface area contributed by atoms with Crippen LogP contribution in [0.5, 0.6) is 0 Å². The van der Waals surface area contributed by atoms with Crippen LogP contribution >= 0.6 is 0 Å². The Morgan fingerprint density at radius 1 is 1.45 bits per heavy atom. The summed E-state index contributed by atoms with van der Waals surface area (Å²) in [7, 11) is 0. The molecule has 7 nitrogen and oxygen atoms in total. The van der Waals surface area contributed by atoms with Crippen molar-refractivity contribution in [3.8, 4) is 0 Å². The van der Waals surface area contributed by atoms with Gasteiger partial charge in [-0.15, -0.1) is 0 Å². The SMILES string of the molecule is CC(C)(C)OC(=O)N[C@H](CC1CC2(CC2)NC1=O)C(=O)CO. The maximum atomic E-state index is 12.0. The number of ether oxygens (including phenoxy) is 1. The molecule has 2 aliphatic rings. The summed E-state index contributed by atoms with van der Waals surface area (Å²) in [5.41, 5.74) is -0.764. The summed E-state index contributed by atoms with van der Waals surface area (Å²) in [4.78, 5) is 35.6. The zero-order valence-corrected chi connectivity index (χ0v) is 13.3. The zero-order chi connectivity index (χ0) is 16.5. The quantitative estimate of drug-likeness (QED) is 0.685. The van der Waals surface area contributed by atoms with Crippen molar-refractivity contribution in [2.24, 2.45) is 5.92 Å². The van der Waals surface area contributed by atoms with Crippen LogP contribution in [0.15, 0.2) is 0 Å². The Balaban J connectivity index is 1.96. The van der Waals surface area contributed by atoms with Gasteiger partial charge in [0.15, 0.2) is 5.78 Å². The van der Waals surface area contributed by atoms with Crippen LogP contribution in [0, 0.1) is 5.92 Å². The molecule has 2 rings (SSSR count). The van der Waals surface area contributed by atoms with Gasteiger partial charge in [-0.25, -0.2) is 4.79 Å². The molecule has 2 fully saturated rings. The van der Waals surface area contributed by atoms with Gasteiger partial charge in [-0.2, -0.15) is 0 Å². The summed E-state index contributed by atoms with van der Waals surface area (Å²) in [5.74, 6) is -0.924. The number of carbonyl (C=O) groups is 3. The number of aliphatic hydroxyl groups is 1. The predicted octanol–water partition coefficient (Wildman–Crippen LogP) is 0.500. The van der Waals surface area contributed by atoms with Crippen LogP contribution in [0.1, 0.15) is 46.5 Å². The maximum absolute atomic E-state index is 12.0. The van der Waals surface area contributed by atoms with Gasteiger partial charge in [0.05, 0.1) is 6.04 Å². The molecule has 0 bridgehead atoms. The third kappa shape index (κ3) is 4.19. The zero-order valence-electron chi connectivity index (χ0n) is 13.3. The average Bonchev–Trinajstić information content (AvgIpc) is 3.05. The molecule has 1 saturated heterocycles. The second-order valence-electron chi connectivity index (χ2n) is 7.23. The third-order valence-corrected chi connectivity index (χ3v) is 4.01. The van der Waals surface area contributed by atoms with Gasteiger partial charge in [0.25, 0.3) is 0 Å². The van der Waals surface area contributed by atoms with E-state index in [1.807, 2.05) is 0 Å². The average molecular weight is 312 g/mol. The van der Waals surface area contributed by atoms with Crippen molar-refractivity contribution in [2.75, 3.05) is 6.61 Å². The molecule has 0 aromatic rings. The molecule has 1 aliphatic carbocycles. The van der Waals surface area contributed by atoms with Crippen molar-refractivity contribution in [2.45, 2.75) is 63.6 Å². The highest BCUT2D eigenvalue weighted by Gasteiger charge is 2.52. The van der Waals surface area contributed by atoms with Crippen molar-refractivity contribution < 1.29 is 24.2 Å². The summed E-state index contributed by atoms with van der Waals surface area (Å²) in [6.07, 6.45) is 2.07. The molecule has 124 valence electrons. The van der Waals surface area contributed by atoms with E-state index in [4.69, 9.17) is 9.84 Å². The fourth-order valence-electron chi connectivity index (χ4n) is 2.76. The van der Waals surface area contributed by atoms with E-state index in [0.717, 1.165) is 12.8 Å². The summed E-state index contributed by atoms with van der Waals surface area (Å²) >= 11 is 0. The van der Waals surface area contributed by atoms with Crippen LogP contribution in [-0.4, -0.2) is 46.7 Å². The molecule has 22 heavy (non-hydrogen) atoms. The lowest BCUT2D eigenvalue weighted by molar-refractivity contribution is -0.125. The number of hydrogen-bond acceptors (Lipinski definition) is 5. The van der Waals surface area contributed by atoms with E-state index in [9.17, 15) is 14.4 Å². The molecule has 7 heteroatoms. The van der Waals surface area contributed by atoms with E-state index in [0.29, 0.717) is 6.42 Å². The van der Waals surface area contributed by atoms with Crippen LogP contribution in [0.3, 0.4) is 0 Å². The molecule has 1 spiro atoms. The van der Waals surface area contributed by atoms with E-state index in [1.54, 1.807) is 20.8 Å². The number of carbonyl (C=O) groups excluding carboxylic acids is 3. The Morgan fingerprint density at radius 2 is 2.09 bits per heavy atom. The van der Waals surface area contributed by atoms with E-state index in [2.05, 4.69) is 10.6 Å². The Hall–Kier alpha value is -1.63. The molecule has 1 aliphatic heterocycles. The first kappa shape index (κ1) is 16.7. The molecule has 2 atom stereocenters. The lowest BCUT2D eigenvalue weighted by Crippen LogP contribution is -2.46. The summed E-state index contributed by atoms with van der Waals surface area (Å²) < 4.78 is 5.12. The van der Waals surface area contributed by atoms with Crippen molar-refractivity contribution >= 4 is 17.8 Å². The van der Waals surface area contributed by atoms with Crippen LogP contribution in [0.2, 0.25) is 0 Å². The van der Waals surface area contributed by atoms with Gasteiger partial charge in [0, 0.05) is 11.5 Å². The molecular weight excluding hydrogens is 288 g/mol. The van der Waals surface area contributed by atoms with Gasteiger partial charge in [0.1, 0.15) is 12.2 Å². The van der Waals surface area contributed by atoms with E-state index in [-0.39, 0.29) is 23.8 Å². The highest BCUT2D eigenvalue weighted by Crippen LogP contribution is 2.46. The Labute approximate surface area is 129 Å². The topological polar surface area (TPSA) is 105 Å². The number of rotatable bonds is 5. The second-order valence-corrected chi connectivity index (χ2v) is 7.23. The van der Waals surface area contributed by atoms with E-state index >= 15 is 0 Å². The Morgan fingerprint density at radius 3 is 2.55 bits per heavy atom. The van der Waals surface area contributed by atoms with Gasteiger partial charge in [-0.05, 0) is 46.5 Å². The molecular formula is C15H24N2O5. The lowest BCUT2D eigenvalue weighted by Gasteiger charge is -2.23. The number of alkyl carbamates (subject to hydrolysis) is 1. The number of nitrogens with one attached hydrogen (secondary N) is 2. The van der Waals surface area contributed by atoms with Crippen molar-refractivity contribution in [1.82, 2.24) is 10.6 Å². The normalized spacial score (nSPS) is 23.8.